The summed E-state index contributed by atoms with van der Waals surface area (Å²) in [6.07, 6.45) is 6.12. The molecule has 7 heteroatoms. The smallest absolute Gasteiger partial charge is 0.248 e. The number of aromatic nitrogens is 1. The van der Waals surface area contributed by atoms with Crippen LogP contribution >= 0.6 is 0 Å². The van der Waals surface area contributed by atoms with Crippen LogP contribution in [0.1, 0.15) is 11.1 Å². The van der Waals surface area contributed by atoms with Crippen LogP contribution in [0, 0.1) is 0 Å². The lowest BCUT2D eigenvalue weighted by Gasteiger charge is -2.11. The molecular formula is C27H24N2O5. The molecule has 7 nitrogen and oxygen atoms in total. The third kappa shape index (κ3) is 5.63. The van der Waals surface area contributed by atoms with Crippen LogP contribution in [0.25, 0.3) is 17.4 Å². The summed E-state index contributed by atoms with van der Waals surface area (Å²) in [7, 11) is 3.14. The molecule has 0 radical (unpaired) electrons. The molecule has 4 rings (SSSR count). The lowest BCUT2D eigenvalue weighted by atomic mass is 10.1. The Morgan fingerprint density at radius 3 is 2.53 bits per heavy atom. The molecule has 0 aliphatic rings. The first-order valence-electron chi connectivity index (χ1n) is 10.6. The zero-order valence-corrected chi connectivity index (χ0v) is 18.9. The molecule has 1 aromatic heterocycles. The number of ether oxygens (including phenoxy) is 3. The molecule has 4 aromatic rings. The molecule has 1 heterocycles. The van der Waals surface area contributed by atoms with Crippen LogP contribution in [-0.2, 0) is 11.4 Å². The van der Waals surface area contributed by atoms with E-state index in [1.807, 2.05) is 48.5 Å². The Bertz CT molecular complexity index is 1270. The maximum absolute atomic E-state index is 12.5. The molecule has 3 aromatic carbocycles. The number of carbonyl (C=O) groups is 1. The van der Waals surface area contributed by atoms with Crippen LogP contribution in [0.15, 0.2) is 89.8 Å². The fourth-order valence-electron chi connectivity index (χ4n) is 3.32. The number of benzene rings is 3. The van der Waals surface area contributed by atoms with Gasteiger partial charge in [-0.1, -0.05) is 36.4 Å². The number of nitrogens with zero attached hydrogens (tertiary/aromatic N) is 1. The van der Waals surface area contributed by atoms with Gasteiger partial charge in [-0.05, 0) is 41.5 Å². The number of methoxy groups -OCH3 is 2. The van der Waals surface area contributed by atoms with Crippen molar-refractivity contribution in [1.82, 2.24) is 4.98 Å². The second kappa shape index (κ2) is 10.9. The van der Waals surface area contributed by atoms with Crippen molar-refractivity contribution in [2.45, 2.75) is 6.61 Å². The number of hydrogen-bond donors (Lipinski definition) is 1. The summed E-state index contributed by atoms with van der Waals surface area (Å²) in [6.45, 7) is 0.438. The van der Waals surface area contributed by atoms with Crippen molar-refractivity contribution in [3.05, 3.63) is 96.5 Å². The molecule has 0 unspecified atom stereocenters. The van der Waals surface area contributed by atoms with E-state index in [9.17, 15) is 4.79 Å². The Hall–Kier alpha value is -4.52. The Labute approximate surface area is 197 Å². The highest BCUT2D eigenvalue weighted by Crippen LogP contribution is 2.32. The number of carbonyl (C=O) groups excluding carboxylic acids is 1. The van der Waals surface area contributed by atoms with Crippen molar-refractivity contribution in [1.29, 1.82) is 0 Å². The monoisotopic (exact) mass is 456 g/mol. The SMILES string of the molecule is COc1cc(C=CC(=O)Nc2ccc(-c3cnco3)c(OC)c2)ccc1OCc1ccccc1. The summed E-state index contributed by atoms with van der Waals surface area (Å²) in [5.74, 6) is 2.09. The van der Waals surface area contributed by atoms with E-state index in [4.69, 9.17) is 18.6 Å². The zero-order chi connectivity index (χ0) is 23.8. The Kier molecular flexibility index (Phi) is 7.25. The van der Waals surface area contributed by atoms with Gasteiger partial charge in [0.25, 0.3) is 0 Å². The first-order chi connectivity index (χ1) is 16.7. The third-order valence-corrected chi connectivity index (χ3v) is 5.02. The molecule has 0 atom stereocenters. The van der Waals surface area contributed by atoms with E-state index < -0.39 is 0 Å². The van der Waals surface area contributed by atoms with Crippen molar-refractivity contribution in [2.75, 3.05) is 19.5 Å². The van der Waals surface area contributed by atoms with Gasteiger partial charge in [-0.25, -0.2) is 4.98 Å². The number of amides is 1. The molecule has 0 saturated heterocycles. The van der Waals surface area contributed by atoms with Gasteiger partial charge in [0.2, 0.25) is 5.91 Å². The van der Waals surface area contributed by atoms with E-state index in [0.717, 1.165) is 16.7 Å². The lowest BCUT2D eigenvalue weighted by Crippen LogP contribution is -2.08. The number of anilines is 1. The molecule has 0 aliphatic heterocycles. The second-order valence-electron chi connectivity index (χ2n) is 7.29. The standard InChI is InChI=1S/C27H24N2O5/c1-31-24-15-21(10-11-22(24)26-16-28-18-34-26)29-27(30)13-9-19-8-12-23(25(14-19)32-2)33-17-20-6-4-3-5-7-20/h3-16,18H,17H2,1-2H3,(H,29,30). The van der Waals surface area contributed by atoms with Crippen molar-refractivity contribution < 1.29 is 23.4 Å². The van der Waals surface area contributed by atoms with Crippen LogP contribution in [0.3, 0.4) is 0 Å². The summed E-state index contributed by atoms with van der Waals surface area (Å²) >= 11 is 0. The molecule has 0 aliphatic carbocycles. The van der Waals surface area contributed by atoms with E-state index >= 15 is 0 Å². The minimum atomic E-state index is -0.280. The van der Waals surface area contributed by atoms with Crippen molar-refractivity contribution in [3.8, 4) is 28.6 Å². The lowest BCUT2D eigenvalue weighted by molar-refractivity contribution is -0.111. The predicted molar refractivity (Wildman–Crippen MR) is 130 cm³/mol. The second-order valence-corrected chi connectivity index (χ2v) is 7.29. The van der Waals surface area contributed by atoms with Crippen molar-refractivity contribution >= 4 is 17.7 Å². The van der Waals surface area contributed by atoms with E-state index in [1.54, 1.807) is 44.7 Å². The Balaban J connectivity index is 1.40. The van der Waals surface area contributed by atoms with Crippen LogP contribution in [0.4, 0.5) is 5.69 Å². The molecule has 0 saturated carbocycles. The van der Waals surface area contributed by atoms with Crippen LogP contribution < -0.4 is 19.5 Å². The number of rotatable bonds is 9. The minimum absolute atomic E-state index is 0.280. The van der Waals surface area contributed by atoms with Gasteiger partial charge in [-0.15, -0.1) is 0 Å². The average molecular weight is 456 g/mol. The van der Waals surface area contributed by atoms with Gasteiger partial charge in [0, 0.05) is 17.8 Å². The maximum atomic E-state index is 12.5. The summed E-state index contributed by atoms with van der Waals surface area (Å²) in [4.78, 5) is 16.4. The molecular weight excluding hydrogens is 432 g/mol. The summed E-state index contributed by atoms with van der Waals surface area (Å²) in [6, 6.07) is 20.7. The molecule has 0 bridgehead atoms. The highest BCUT2D eigenvalue weighted by atomic mass is 16.5. The topological polar surface area (TPSA) is 82.8 Å². The van der Waals surface area contributed by atoms with Gasteiger partial charge in [0.05, 0.1) is 26.0 Å². The van der Waals surface area contributed by atoms with E-state index in [-0.39, 0.29) is 5.91 Å². The largest absolute Gasteiger partial charge is 0.496 e. The fourth-order valence-corrected chi connectivity index (χ4v) is 3.32. The maximum Gasteiger partial charge on any atom is 0.248 e. The van der Waals surface area contributed by atoms with Crippen molar-refractivity contribution in [2.24, 2.45) is 0 Å². The molecule has 0 fully saturated rings. The van der Waals surface area contributed by atoms with Gasteiger partial charge in [-0.3, -0.25) is 4.79 Å². The minimum Gasteiger partial charge on any atom is -0.496 e. The summed E-state index contributed by atoms with van der Waals surface area (Å²) < 4.78 is 22.1. The van der Waals surface area contributed by atoms with E-state index in [0.29, 0.717) is 35.3 Å². The van der Waals surface area contributed by atoms with E-state index in [1.165, 1.54) is 12.5 Å². The average Bonchev–Trinajstić information content (AvgIpc) is 3.42. The quantitative estimate of drug-likeness (QED) is 0.331. The van der Waals surface area contributed by atoms with Gasteiger partial charge < -0.3 is 23.9 Å². The highest BCUT2D eigenvalue weighted by Gasteiger charge is 2.11. The zero-order valence-electron chi connectivity index (χ0n) is 18.9. The third-order valence-electron chi connectivity index (χ3n) is 5.02. The number of nitrogens with one attached hydrogen (secondary N) is 1. The molecule has 0 spiro atoms. The summed E-state index contributed by atoms with van der Waals surface area (Å²) in [5, 5.41) is 2.83. The van der Waals surface area contributed by atoms with Crippen molar-refractivity contribution in [3.63, 3.8) is 0 Å². The Morgan fingerprint density at radius 1 is 0.971 bits per heavy atom. The first kappa shape index (κ1) is 22.7. The normalized spacial score (nSPS) is 10.8. The number of oxazole rings is 1. The van der Waals surface area contributed by atoms with Gasteiger partial charge in [0.15, 0.2) is 23.7 Å². The first-order valence-corrected chi connectivity index (χ1v) is 10.6. The van der Waals surface area contributed by atoms with Crippen LogP contribution in [-0.4, -0.2) is 25.1 Å². The fraction of sp³-hybridized carbons (Fsp3) is 0.111. The molecule has 1 N–H and O–H groups in total. The summed E-state index contributed by atoms with van der Waals surface area (Å²) in [5.41, 5.74) is 3.21. The predicted octanol–water partition coefficient (Wildman–Crippen LogP) is 5.59. The van der Waals surface area contributed by atoms with Crippen LogP contribution in [0.5, 0.6) is 17.2 Å². The van der Waals surface area contributed by atoms with Gasteiger partial charge in [0.1, 0.15) is 12.4 Å². The highest BCUT2D eigenvalue weighted by molar-refractivity contribution is 6.02. The number of hydrogen-bond acceptors (Lipinski definition) is 6. The Morgan fingerprint density at radius 2 is 1.79 bits per heavy atom. The van der Waals surface area contributed by atoms with Crippen LogP contribution in [0.2, 0.25) is 0 Å². The van der Waals surface area contributed by atoms with E-state index in [2.05, 4.69) is 10.3 Å². The molecule has 34 heavy (non-hydrogen) atoms. The van der Waals surface area contributed by atoms with Gasteiger partial charge >= 0.3 is 0 Å². The van der Waals surface area contributed by atoms with Gasteiger partial charge in [-0.2, -0.15) is 0 Å². The molecule has 1 amide bonds. The molecule has 172 valence electrons.